The maximum absolute atomic E-state index is 5.86. The molecule has 0 N–H and O–H groups in total. The van der Waals surface area contributed by atoms with Gasteiger partial charge in [-0.3, -0.25) is 0 Å². The molecule has 0 unspecified atom stereocenters. The zero-order valence-electron chi connectivity index (χ0n) is 12.3. The molecule has 0 aliphatic carbocycles. The van der Waals surface area contributed by atoms with Gasteiger partial charge >= 0.3 is 0 Å². The van der Waals surface area contributed by atoms with Gasteiger partial charge in [-0.1, -0.05) is 36.4 Å². The van der Waals surface area contributed by atoms with E-state index in [2.05, 4.69) is 18.2 Å². The molecule has 1 aliphatic rings. The molecule has 0 saturated heterocycles. The third-order valence-corrected chi connectivity index (χ3v) is 3.58. The Morgan fingerprint density at radius 1 is 1.05 bits per heavy atom. The summed E-state index contributed by atoms with van der Waals surface area (Å²) < 4.78 is 16.6. The summed E-state index contributed by atoms with van der Waals surface area (Å²) in [5, 5.41) is 0. The summed E-state index contributed by atoms with van der Waals surface area (Å²) in [5.74, 6) is 2.40. The van der Waals surface area contributed by atoms with Crippen molar-refractivity contribution in [1.82, 2.24) is 0 Å². The smallest absolute Gasteiger partial charge is 0.130 e. The highest BCUT2D eigenvalue weighted by Crippen LogP contribution is 2.38. The van der Waals surface area contributed by atoms with Crippen LogP contribution in [0.2, 0.25) is 0 Å². The van der Waals surface area contributed by atoms with Crippen LogP contribution in [-0.2, 0) is 6.42 Å². The Labute approximate surface area is 124 Å². The van der Waals surface area contributed by atoms with E-state index in [0.717, 1.165) is 29.2 Å². The molecule has 2 aromatic rings. The minimum atomic E-state index is 0.595. The molecule has 0 fully saturated rings. The third kappa shape index (κ3) is 2.87. The monoisotopic (exact) mass is 282 g/mol. The van der Waals surface area contributed by atoms with Crippen molar-refractivity contribution in [2.45, 2.75) is 6.42 Å². The van der Waals surface area contributed by atoms with E-state index in [1.165, 1.54) is 11.1 Å². The Bertz CT molecular complexity index is 642. The summed E-state index contributed by atoms with van der Waals surface area (Å²) in [7, 11) is 3.31. The molecule has 1 aliphatic heterocycles. The summed E-state index contributed by atoms with van der Waals surface area (Å²) in [6, 6.07) is 14.1. The number of hydrogen-bond acceptors (Lipinski definition) is 3. The van der Waals surface area contributed by atoms with Crippen LogP contribution in [0.5, 0.6) is 17.2 Å². The highest BCUT2D eigenvalue weighted by atomic mass is 16.5. The second kappa shape index (κ2) is 5.92. The fourth-order valence-corrected chi connectivity index (χ4v) is 2.52. The van der Waals surface area contributed by atoms with E-state index in [0.29, 0.717) is 6.61 Å². The Morgan fingerprint density at radius 3 is 2.57 bits per heavy atom. The lowest BCUT2D eigenvalue weighted by molar-refractivity contribution is 0.319. The fraction of sp³-hybridized carbons (Fsp3) is 0.222. The molecule has 108 valence electrons. The van der Waals surface area contributed by atoms with Gasteiger partial charge in [0.1, 0.15) is 23.9 Å². The summed E-state index contributed by atoms with van der Waals surface area (Å²) in [4.78, 5) is 0. The lowest BCUT2D eigenvalue weighted by atomic mass is 9.99. The summed E-state index contributed by atoms with van der Waals surface area (Å²) in [6.45, 7) is 0.595. The van der Waals surface area contributed by atoms with Crippen molar-refractivity contribution in [3.05, 3.63) is 59.2 Å². The normalized spacial score (nSPS) is 15.2. The van der Waals surface area contributed by atoms with Crippen molar-refractivity contribution >= 4 is 6.08 Å². The third-order valence-electron chi connectivity index (χ3n) is 3.58. The van der Waals surface area contributed by atoms with Gasteiger partial charge in [-0.25, -0.2) is 0 Å². The molecule has 3 rings (SSSR count). The average molecular weight is 282 g/mol. The number of rotatable bonds is 3. The Hall–Kier alpha value is -2.42. The lowest BCUT2D eigenvalue weighted by Crippen LogP contribution is -2.13. The fourth-order valence-electron chi connectivity index (χ4n) is 2.52. The molecule has 0 atom stereocenters. The molecule has 0 bridgehead atoms. The number of hydrogen-bond donors (Lipinski definition) is 0. The van der Waals surface area contributed by atoms with E-state index < -0.39 is 0 Å². The minimum absolute atomic E-state index is 0.595. The quantitative estimate of drug-likeness (QED) is 0.858. The van der Waals surface area contributed by atoms with Crippen LogP contribution in [0.4, 0.5) is 0 Å². The lowest BCUT2D eigenvalue weighted by Gasteiger charge is -2.23. The molecule has 3 heteroatoms. The van der Waals surface area contributed by atoms with Gasteiger partial charge in [-0.15, -0.1) is 0 Å². The van der Waals surface area contributed by atoms with E-state index >= 15 is 0 Å². The first-order valence-corrected chi connectivity index (χ1v) is 6.92. The topological polar surface area (TPSA) is 27.7 Å². The van der Waals surface area contributed by atoms with Crippen molar-refractivity contribution < 1.29 is 14.2 Å². The van der Waals surface area contributed by atoms with Crippen LogP contribution < -0.4 is 14.2 Å². The Balaban J connectivity index is 1.93. The highest BCUT2D eigenvalue weighted by Gasteiger charge is 2.20. The van der Waals surface area contributed by atoms with Crippen molar-refractivity contribution in [2.24, 2.45) is 0 Å². The van der Waals surface area contributed by atoms with Crippen LogP contribution in [0.15, 0.2) is 48.0 Å². The predicted octanol–water partition coefficient (Wildman–Crippen LogP) is 3.72. The number of ether oxygens (including phenoxy) is 3. The van der Waals surface area contributed by atoms with Crippen LogP contribution >= 0.6 is 0 Å². The average Bonchev–Trinajstić information content (AvgIpc) is 2.54. The SMILES string of the molecule is COc1cc(OC)c2c(c1)OC/C(=C/c1ccccc1)C2. The molecule has 0 spiro atoms. The molecule has 2 aromatic carbocycles. The maximum atomic E-state index is 5.86. The Kier molecular flexibility index (Phi) is 3.82. The van der Waals surface area contributed by atoms with Gasteiger partial charge in [-0.05, 0) is 11.1 Å². The minimum Gasteiger partial charge on any atom is -0.496 e. The van der Waals surface area contributed by atoms with E-state index in [4.69, 9.17) is 14.2 Å². The second-order valence-electron chi connectivity index (χ2n) is 4.99. The van der Waals surface area contributed by atoms with Crippen LogP contribution in [0.25, 0.3) is 6.08 Å². The van der Waals surface area contributed by atoms with E-state index in [1.807, 2.05) is 30.3 Å². The zero-order valence-corrected chi connectivity index (χ0v) is 12.3. The molecule has 0 saturated carbocycles. The molecular weight excluding hydrogens is 264 g/mol. The van der Waals surface area contributed by atoms with Crippen LogP contribution in [0.3, 0.4) is 0 Å². The molecular formula is C18H18O3. The largest absolute Gasteiger partial charge is 0.496 e. The molecule has 0 radical (unpaired) electrons. The van der Waals surface area contributed by atoms with Gasteiger partial charge in [0.2, 0.25) is 0 Å². The van der Waals surface area contributed by atoms with Crippen LogP contribution in [0.1, 0.15) is 11.1 Å². The predicted molar refractivity (Wildman–Crippen MR) is 83.2 cm³/mol. The van der Waals surface area contributed by atoms with Gasteiger partial charge in [0.05, 0.1) is 14.2 Å². The molecule has 0 amide bonds. The van der Waals surface area contributed by atoms with E-state index in [-0.39, 0.29) is 0 Å². The number of benzene rings is 2. The van der Waals surface area contributed by atoms with Gasteiger partial charge < -0.3 is 14.2 Å². The second-order valence-corrected chi connectivity index (χ2v) is 4.99. The van der Waals surface area contributed by atoms with Gasteiger partial charge in [0.25, 0.3) is 0 Å². The first kappa shape index (κ1) is 13.6. The molecule has 0 aromatic heterocycles. The van der Waals surface area contributed by atoms with Gasteiger partial charge in [-0.2, -0.15) is 0 Å². The standard InChI is InChI=1S/C18H18O3/c1-19-15-10-17(20-2)16-9-14(12-21-18(16)11-15)8-13-6-4-3-5-7-13/h3-8,10-11H,9,12H2,1-2H3/b14-8+. The number of fused-ring (bicyclic) bond motifs is 1. The highest BCUT2D eigenvalue weighted by molar-refractivity contribution is 5.59. The zero-order chi connectivity index (χ0) is 14.7. The maximum Gasteiger partial charge on any atom is 0.130 e. The van der Waals surface area contributed by atoms with Crippen molar-refractivity contribution in [3.8, 4) is 17.2 Å². The summed E-state index contributed by atoms with van der Waals surface area (Å²) in [5.41, 5.74) is 3.50. The van der Waals surface area contributed by atoms with Crippen molar-refractivity contribution in [1.29, 1.82) is 0 Å². The first-order chi connectivity index (χ1) is 10.3. The van der Waals surface area contributed by atoms with Crippen LogP contribution in [0, 0.1) is 0 Å². The Morgan fingerprint density at radius 2 is 1.86 bits per heavy atom. The van der Waals surface area contributed by atoms with Gasteiger partial charge in [0, 0.05) is 24.1 Å². The van der Waals surface area contributed by atoms with Crippen molar-refractivity contribution in [3.63, 3.8) is 0 Å². The van der Waals surface area contributed by atoms with E-state index in [1.54, 1.807) is 14.2 Å². The first-order valence-electron chi connectivity index (χ1n) is 6.92. The summed E-state index contributed by atoms with van der Waals surface area (Å²) in [6.07, 6.45) is 3.00. The van der Waals surface area contributed by atoms with E-state index in [9.17, 15) is 0 Å². The van der Waals surface area contributed by atoms with Crippen LogP contribution in [-0.4, -0.2) is 20.8 Å². The van der Waals surface area contributed by atoms with Crippen molar-refractivity contribution in [2.75, 3.05) is 20.8 Å². The molecule has 21 heavy (non-hydrogen) atoms. The molecule has 1 heterocycles. The molecule has 3 nitrogen and oxygen atoms in total. The number of methoxy groups -OCH3 is 2. The summed E-state index contributed by atoms with van der Waals surface area (Å²) >= 11 is 0. The van der Waals surface area contributed by atoms with Gasteiger partial charge in [0.15, 0.2) is 0 Å².